The molecule has 0 radical (unpaired) electrons. The lowest BCUT2D eigenvalue weighted by atomic mass is 9.49. The second-order valence-corrected chi connectivity index (χ2v) is 9.27. The van der Waals surface area contributed by atoms with Crippen molar-refractivity contribution >= 4 is 11.8 Å². The molecule has 0 aromatic heterocycles. The van der Waals surface area contributed by atoms with E-state index in [2.05, 4.69) is 10.6 Å². The Hall–Kier alpha value is -2.24. The highest BCUT2D eigenvalue weighted by Gasteiger charge is 2.51. The van der Waals surface area contributed by atoms with E-state index < -0.39 is 0 Å². The summed E-state index contributed by atoms with van der Waals surface area (Å²) in [5.41, 5.74) is 0.790. The molecule has 6 nitrogen and oxygen atoms in total. The molecule has 1 aliphatic heterocycles. The van der Waals surface area contributed by atoms with Crippen LogP contribution in [-0.2, 0) is 4.79 Å². The van der Waals surface area contributed by atoms with Crippen LogP contribution in [0.2, 0.25) is 0 Å². The standard InChI is InChI=1S/C22H28N2O4/c25-20(12-22-9-14-5-15(10-22)7-16(6-14)11-22)23-3-4-24-21(26)17-1-2-18-19(8-17)28-13-27-18/h1-2,8,14-16H,3-7,9-13H2,(H,23,25)(H,24,26). The summed E-state index contributed by atoms with van der Waals surface area (Å²) in [6.45, 7) is 1.07. The molecule has 0 atom stereocenters. The molecule has 4 saturated carbocycles. The third-order valence-electron chi connectivity index (χ3n) is 7.07. The molecule has 5 aliphatic rings. The van der Waals surface area contributed by atoms with Gasteiger partial charge < -0.3 is 20.1 Å². The normalized spacial score (nSPS) is 31.6. The van der Waals surface area contributed by atoms with Crippen molar-refractivity contribution in [1.29, 1.82) is 0 Å². The molecule has 0 spiro atoms. The van der Waals surface area contributed by atoms with Gasteiger partial charge in [-0.25, -0.2) is 0 Å². The number of ether oxygens (including phenoxy) is 2. The van der Waals surface area contributed by atoms with Crippen molar-refractivity contribution in [2.24, 2.45) is 23.2 Å². The van der Waals surface area contributed by atoms with Gasteiger partial charge in [0.2, 0.25) is 12.7 Å². The highest BCUT2D eigenvalue weighted by Crippen LogP contribution is 2.61. The summed E-state index contributed by atoms with van der Waals surface area (Å²) in [6.07, 6.45) is 8.58. The average molecular weight is 384 g/mol. The molecule has 4 aliphatic carbocycles. The minimum Gasteiger partial charge on any atom is -0.454 e. The van der Waals surface area contributed by atoms with Crippen LogP contribution in [0.5, 0.6) is 11.5 Å². The van der Waals surface area contributed by atoms with Crippen LogP contribution in [0, 0.1) is 23.2 Å². The van der Waals surface area contributed by atoms with Crippen LogP contribution in [0.15, 0.2) is 18.2 Å². The lowest BCUT2D eigenvalue weighted by Gasteiger charge is -2.56. The van der Waals surface area contributed by atoms with Crippen molar-refractivity contribution in [2.75, 3.05) is 19.9 Å². The van der Waals surface area contributed by atoms with Crippen molar-refractivity contribution in [3.05, 3.63) is 23.8 Å². The van der Waals surface area contributed by atoms with Gasteiger partial charge in [0.25, 0.3) is 5.91 Å². The lowest BCUT2D eigenvalue weighted by molar-refractivity contribution is -0.129. The van der Waals surface area contributed by atoms with Crippen molar-refractivity contribution in [1.82, 2.24) is 10.6 Å². The van der Waals surface area contributed by atoms with Gasteiger partial charge in [0, 0.05) is 25.1 Å². The van der Waals surface area contributed by atoms with E-state index in [9.17, 15) is 9.59 Å². The SMILES string of the molecule is O=C(CC12CC3CC(CC(C3)C1)C2)NCCNC(=O)c1ccc2c(c1)OCO2. The van der Waals surface area contributed by atoms with E-state index in [0.29, 0.717) is 36.6 Å². The fraction of sp³-hybridized carbons (Fsp3) is 0.636. The van der Waals surface area contributed by atoms with Crippen LogP contribution in [0.25, 0.3) is 0 Å². The summed E-state index contributed by atoms with van der Waals surface area (Å²) in [7, 11) is 0. The molecule has 0 unspecified atom stereocenters. The molecule has 2 N–H and O–H groups in total. The van der Waals surface area contributed by atoms with Crippen LogP contribution in [0.1, 0.15) is 55.3 Å². The molecule has 6 heteroatoms. The molecule has 6 rings (SSSR count). The third kappa shape index (κ3) is 3.45. The first-order chi connectivity index (χ1) is 13.6. The fourth-order valence-corrected chi connectivity index (χ4v) is 6.43. The van der Waals surface area contributed by atoms with Gasteiger partial charge in [-0.2, -0.15) is 0 Å². The number of hydrogen-bond acceptors (Lipinski definition) is 4. The van der Waals surface area contributed by atoms with Gasteiger partial charge in [-0.15, -0.1) is 0 Å². The number of carbonyl (C=O) groups is 2. The van der Waals surface area contributed by atoms with Crippen molar-refractivity contribution in [2.45, 2.75) is 44.9 Å². The second-order valence-electron chi connectivity index (χ2n) is 9.27. The van der Waals surface area contributed by atoms with E-state index >= 15 is 0 Å². The number of carbonyl (C=O) groups excluding carboxylic acids is 2. The van der Waals surface area contributed by atoms with Gasteiger partial charge in [0.1, 0.15) is 0 Å². The van der Waals surface area contributed by atoms with Gasteiger partial charge in [0.15, 0.2) is 11.5 Å². The average Bonchev–Trinajstić information content (AvgIpc) is 3.11. The van der Waals surface area contributed by atoms with Gasteiger partial charge in [-0.1, -0.05) is 0 Å². The minimum atomic E-state index is -0.173. The zero-order valence-corrected chi connectivity index (χ0v) is 16.2. The zero-order chi connectivity index (χ0) is 19.1. The quantitative estimate of drug-likeness (QED) is 0.740. The number of benzene rings is 1. The van der Waals surface area contributed by atoms with E-state index in [1.165, 1.54) is 38.5 Å². The summed E-state index contributed by atoms with van der Waals surface area (Å²) in [5, 5.41) is 5.86. The Morgan fingerprint density at radius 1 is 0.929 bits per heavy atom. The van der Waals surface area contributed by atoms with Gasteiger partial charge >= 0.3 is 0 Å². The highest BCUT2D eigenvalue weighted by molar-refractivity contribution is 5.95. The first-order valence-electron chi connectivity index (χ1n) is 10.5. The molecule has 150 valence electrons. The Labute approximate surface area is 165 Å². The first-order valence-corrected chi connectivity index (χ1v) is 10.5. The van der Waals surface area contributed by atoms with Crippen molar-refractivity contribution in [3.8, 4) is 11.5 Å². The number of rotatable bonds is 6. The van der Waals surface area contributed by atoms with Crippen molar-refractivity contribution in [3.63, 3.8) is 0 Å². The molecule has 0 saturated heterocycles. The number of hydrogen-bond donors (Lipinski definition) is 2. The fourth-order valence-electron chi connectivity index (χ4n) is 6.43. The summed E-state index contributed by atoms with van der Waals surface area (Å²) in [6, 6.07) is 5.14. The number of amides is 2. The summed E-state index contributed by atoms with van der Waals surface area (Å²) >= 11 is 0. The smallest absolute Gasteiger partial charge is 0.251 e. The van der Waals surface area contributed by atoms with E-state index in [4.69, 9.17) is 9.47 Å². The predicted octanol–water partition coefficient (Wildman–Crippen LogP) is 2.87. The lowest BCUT2D eigenvalue weighted by Crippen LogP contribution is -2.48. The van der Waals surface area contributed by atoms with Crippen molar-refractivity contribution < 1.29 is 19.1 Å². The van der Waals surface area contributed by atoms with Gasteiger partial charge in [0.05, 0.1) is 0 Å². The Kier molecular flexibility index (Phi) is 4.44. The van der Waals surface area contributed by atoms with E-state index in [-0.39, 0.29) is 24.0 Å². The van der Waals surface area contributed by atoms with Crippen LogP contribution < -0.4 is 20.1 Å². The Balaban J connectivity index is 1.07. The first kappa shape index (κ1) is 17.8. The van der Waals surface area contributed by atoms with Crippen LogP contribution in [-0.4, -0.2) is 31.7 Å². The summed E-state index contributed by atoms with van der Waals surface area (Å²) < 4.78 is 10.6. The van der Waals surface area contributed by atoms with E-state index in [0.717, 1.165) is 17.8 Å². The topological polar surface area (TPSA) is 76.7 Å². The maximum absolute atomic E-state index is 12.5. The molecule has 28 heavy (non-hydrogen) atoms. The van der Waals surface area contributed by atoms with Crippen LogP contribution in [0.3, 0.4) is 0 Å². The number of fused-ring (bicyclic) bond motifs is 1. The Morgan fingerprint density at radius 3 is 2.29 bits per heavy atom. The maximum atomic E-state index is 12.5. The highest BCUT2D eigenvalue weighted by atomic mass is 16.7. The van der Waals surface area contributed by atoms with E-state index in [1.54, 1.807) is 18.2 Å². The van der Waals surface area contributed by atoms with E-state index in [1.807, 2.05) is 0 Å². The maximum Gasteiger partial charge on any atom is 0.251 e. The summed E-state index contributed by atoms with van der Waals surface area (Å²) in [4.78, 5) is 24.8. The Morgan fingerprint density at radius 2 is 1.57 bits per heavy atom. The monoisotopic (exact) mass is 384 g/mol. The molecule has 2 amide bonds. The molecule has 1 heterocycles. The second kappa shape index (κ2) is 6.98. The molecule has 4 fully saturated rings. The molecule has 1 aromatic rings. The largest absolute Gasteiger partial charge is 0.454 e. The molecular weight excluding hydrogens is 356 g/mol. The zero-order valence-electron chi connectivity index (χ0n) is 16.2. The molecule has 1 aromatic carbocycles. The third-order valence-corrected chi connectivity index (χ3v) is 7.07. The predicted molar refractivity (Wildman–Crippen MR) is 103 cm³/mol. The molecular formula is C22H28N2O4. The molecule has 4 bridgehead atoms. The van der Waals surface area contributed by atoms with Gasteiger partial charge in [-0.05, 0) is 79.9 Å². The summed E-state index contributed by atoms with van der Waals surface area (Å²) in [5.74, 6) is 3.80. The Bertz CT molecular complexity index is 755. The number of nitrogens with one attached hydrogen (secondary N) is 2. The minimum absolute atomic E-state index is 0.138. The van der Waals surface area contributed by atoms with Gasteiger partial charge in [-0.3, -0.25) is 9.59 Å². The van der Waals surface area contributed by atoms with Crippen LogP contribution in [0.4, 0.5) is 0 Å². The van der Waals surface area contributed by atoms with Crippen LogP contribution >= 0.6 is 0 Å².